The van der Waals surface area contributed by atoms with Crippen LogP contribution in [0.25, 0.3) is 0 Å². The first-order chi connectivity index (χ1) is 9.01. The van der Waals surface area contributed by atoms with Crippen LogP contribution in [0, 0.1) is 22.0 Å². The molecule has 2 rings (SSSR count). The normalized spacial score (nSPS) is 21.5. The Morgan fingerprint density at radius 3 is 2.79 bits per heavy atom. The first-order valence-electron chi connectivity index (χ1n) is 6.43. The number of rotatable bonds is 6. The van der Waals surface area contributed by atoms with E-state index in [9.17, 15) is 10.1 Å². The van der Waals surface area contributed by atoms with Crippen molar-refractivity contribution in [1.29, 1.82) is 0 Å². The Bertz CT molecular complexity index is 478. The molecule has 0 saturated heterocycles. The molecule has 1 aliphatic rings. The van der Waals surface area contributed by atoms with E-state index in [4.69, 9.17) is 5.84 Å². The van der Waals surface area contributed by atoms with Crippen molar-refractivity contribution in [2.45, 2.75) is 19.9 Å². The molecule has 0 heterocycles. The molecule has 1 aliphatic carbocycles. The van der Waals surface area contributed by atoms with Gasteiger partial charge in [-0.1, -0.05) is 13.0 Å². The van der Waals surface area contributed by atoms with E-state index in [0.29, 0.717) is 5.69 Å². The Kier molecular flexibility index (Phi) is 4.01. The van der Waals surface area contributed by atoms with Gasteiger partial charge in [-0.2, -0.15) is 0 Å². The maximum Gasteiger partial charge on any atom is 0.293 e. The van der Waals surface area contributed by atoms with Gasteiger partial charge < -0.3 is 10.3 Å². The Hall–Kier alpha value is -1.66. The van der Waals surface area contributed by atoms with Crippen LogP contribution >= 0.6 is 0 Å². The lowest BCUT2D eigenvalue weighted by molar-refractivity contribution is -0.384. The minimum Gasteiger partial charge on any atom is -0.318 e. The lowest BCUT2D eigenvalue weighted by atomic mass is 10.1. The van der Waals surface area contributed by atoms with Gasteiger partial charge in [0, 0.05) is 19.2 Å². The van der Waals surface area contributed by atoms with Crippen LogP contribution in [0.5, 0.6) is 0 Å². The molecule has 1 aromatic rings. The summed E-state index contributed by atoms with van der Waals surface area (Å²) < 4.78 is 0. The molecule has 6 heteroatoms. The lowest BCUT2D eigenvalue weighted by Gasteiger charge is -2.17. The van der Waals surface area contributed by atoms with Crippen molar-refractivity contribution < 1.29 is 4.92 Å². The zero-order chi connectivity index (χ0) is 14.0. The molecular weight excluding hydrogens is 244 g/mol. The van der Waals surface area contributed by atoms with E-state index in [2.05, 4.69) is 24.3 Å². The predicted octanol–water partition coefficient (Wildman–Crippen LogP) is 1.97. The second-order valence-corrected chi connectivity index (χ2v) is 5.42. The highest BCUT2D eigenvalue weighted by Crippen LogP contribution is 2.38. The van der Waals surface area contributed by atoms with Crippen LogP contribution in [0.3, 0.4) is 0 Å². The van der Waals surface area contributed by atoms with E-state index in [1.54, 1.807) is 12.1 Å². The third kappa shape index (κ3) is 3.42. The monoisotopic (exact) mass is 264 g/mol. The molecule has 0 aromatic heterocycles. The fraction of sp³-hybridized carbons (Fsp3) is 0.538. The van der Waals surface area contributed by atoms with Crippen LogP contribution in [0.4, 0.5) is 11.4 Å². The first kappa shape index (κ1) is 13.8. The number of nitrogens with zero attached hydrogens (tertiary/aromatic N) is 2. The molecule has 0 spiro atoms. The molecule has 0 amide bonds. The van der Waals surface area contributed by atoms with Gasteiger partial charge in [-0.15, -0.1) is 0 Å². The highest BCUT2D eigenvalue weighted by Gasteiger charge is 2.33. The minimum atomic E-state index is -0.436. The Morgan fingerprint density at radius 2 is 2.26 bits per heavy atom. The molecule has 2 unspecified atom stereocenters. The summed E-state index contributed by atoms with van der Waals surface area (Å²) in [5.74, 6) is 6.96. The number of nitrogens with two attached hydrogens (primary N) is 1. The maximum absolute atomic E-state index is 10.8. The van der Waals surface area contributed by atoms with Gasteiger partial charge in [-0.05, 0) is 36.9 Å². The van der Waals surface area contributed by atoms with Crippen LogP contribution in [0.15, 0.2) is 18.2 Å². The van der Waals surface area contributed by atoms with Crippen molar-refractivity contribution in [3.05, 3.63) is 33.9 Å². The average molecular weight is 264 g/mol. The Balaban J connectivity index is 2.02. The number of anilines is 1. The number of nitro groups is 1. The molecule has 2 atom stereocenters. The number of hydrazine groups is 1. The van der Waals surface area contributed by atoms with Gasteiger partial charge in [-0.25, -0.2) is 0 Å². The molecule has 0 radical (unpaired) electrons. The second-order valence-electron chi connectivity index (χ2n) is 5.42. The lowest BCUT2D eigenvalue weighted by Crippen LogP contribution is -2.21. The highest BCUT2D eigenvalue weighted by atomic mass is 16.6. The fourth-order valence-corrected chi connectivity index (χ4v) is 2.39. The van der Waals surface area contributed by atoms with Gasteiger partial charge in [0.05, 0.1) is 4.92 Å². The third-order valence-electron chi connectivity index (χ3n) is 3.69. The molecule has 104 valence electrons. The van der Waals surface area contributed by atoms with Crippen LogP contribution in [0.2, 0.25) is 0 Å². The number of hydrogen-bond acceptors (Lipinski definition) is 5. The van der Waals surface area contributed by atoms with Crippen LogP contribution < -0.4 is 11.3 Å². The maximum atomic E-state index is 10.8. The van der Waals surface area contributed by atoms with E-state index in [1.165, 1.54) is 12.5 Å². The van der Waals surface area contributed by atoms with E-state index in [1.807, 2.05) is 0 Å². The summed E-state index contributed by atoms with van der Waals surface area (Å²) in [6.07, 6.45) is 1.31. The van der Waals surface area contributed by atoms with Gasteiger partial charge >= 0.3 is 0 Å². The molecule has 6 nitrogen and oxygen atoms in total. The van der Waals surface area contributed by atoms with Crippen molar-refractivity contribution in [3.63, 3.8) is 0 Å². The zero-order valence-electron chi connectivity index (χ0n) is 11.3. The van der Waals surface area contributed by atoms with Gasteiger partial charge in [0.25, 0.3) is 5.69 Å². The molecule has 1 fully saturated rings. The number of nitro benzene ring substituents is 1. The predicted molar refractivity (Wildman–Crippen MR) is 74.5 cm³/mol. The Labute approximate surface area is 112 Å². The number of hydrogen-bond donors (Lipinski definition) is 2. The van der Waals surface area contributed by atoms with Crippen molar-refractivity contribution in [2.24, 2.45) is 17.7 Å². The number of nitrogens with one attached hydrogen (secondary N) is 1. The summed E-state index contributed by atoms with van der Waals surface area (Å²) in [6.45, 7) is 4.11. The summed E-state index contributed by atoms with van der Waals surface area (Å²) in [5, 5.41) is 10.8. The van der Waals surface area contributed by atoms with Crippen molar-refractivity contribution in [2.75, 3.05) is 19.0 Å². The summed E-state index contributed by atoms with van der Waals surface area (Å²) in [7, 11) is 2.07. The van der Waals surface area contributed by atoms with Gasteiger partial charge in [0.15, 0.2) is 0 Å². The molecule has 0 aliphatic heterocycles. The van der Waals surface area contributed by atoms with E-state index in [0.717, 1.165) is 30.5 Å². The summed E-state index contributed by atoms with van der Waals surface area (Å²) in [4.78, 5) is 12.6. The quantitative estimate of drug-likeness (QED) is 0.466. The fourth-order valence-electron chi connectivity index (χ4n) is 2.39. The molecule has 0 bridgehead atoms. The van der Waals surface area contributed by atoms with Crippen molar-refractivity contribution in [1.82, 2.24) is 4.90 Å². The summed E-state index contributed by atoms with van der Waals surface area (Å²) >= 11 is 0. The van der Waals surface area contributed by atoms with Crippen LogP contribution in [-0.2, 0) is 6.54 Å². The summed E-state index contributed by atoms with van der Waals surface area (Å²) in [6, 6.07) is 5.02. The SMILES string of the molecule is CC1CC1CN(C)Cc1ccc([N+](=O)[O-])c(NN)c1. The van der Waals surface area contributed by atoms with Crippen molar-refractivity contribution in [3.8, 4) is 0 Å². The largest absolute Gasteiger partial charge is 0.318 e. The molecule has 19 heavy (non-hydrogen) atoms. The molecule has 1 saturated carbocycles. The van der Waals surface area contributed by atoms with Gasteiger partial charge in [-0.3, -0.25) is 16.0 Å². The van der Waals surface area contributed by atoms with E-state index in [-0.39, 0.29) is 5.69 Å². The summed E-state index contributed by atoms with van der Waals surface area (Å²) in [5.41, 5.74) is 3.77. The topological polar surface area (TPSA) is 84.4 Å². The van der Waals surface area contributed by atoms with Crippen LogP contribution in [0.1, 0.15) is 18.9 Å². The van der Waals surface area contributed by atoms with E-state index >= 15 is 0 Å². The van der Waals surface area contributed by atoms with Crippen molar-refractivity contribution >= 4 is 11.4 Å². The van der Waals surface area contributed by atoms with Gasteiger partial charge in [0.2, 0.25) is 0 Å². The second kappa shape index (κ2) is 5.54. The molecular formula is C13H20N4O2. The number of nitrogen functional groups attached to an aromatic ring is 1. The minimum absolute atomic E-state index is 0.00437. The standard InChI is InChI=1S/C13H20N4O2/c1-9-5-11(9)8-16(2)7-10-3-4-13(17(18)19)12(6-10)15-14/h3-4,6,9,11,15H,5,7-8,14H2,1-2H3. The molecule has 3 N–H and O–H groups in total. The molecule has 1 aromatic carbocycles. The Morgan fingerprint density at radius 1 is 1.58 bits per heavy atom. The van der Waals surface area contributed by atoms with Crippen LogP contribution in [-0.4, -0.2) is 23.4 Å². The average Bonchev–Trinajstić information content (AvgIpc) is 3.03. The van der Waals surface area contributed by atoms with E-state index < -0.39 is 4.92 Å². The first-order valence-corrected chi connectivity index (χ1v) is 6.43. The highest BCUT2D eigenvalue weighted by molar-refractivity contribution is 5.62. The van der Waals surface area contributed by atoms with Gasteiger partial charge in [0.1, 0.15) is 5.69 Å². The smallest absolute Gasteiger partial charge is 0.293 e. The number of benzene rings is 1. The zero-order valence-corrected chi connectivity index (χ0v) is 11.3. The third-order valence-corrected chi connectivity index (χ3v) is 3.69.